The SMILES string of the molecule is CCc1cc(Br)ccc1NC(C)c1cc(C)ccc1OC. The van der Waals surface area contributed by atoms with Crippen molar-refractivity contribution in [1.29, 1.82) is 0 Å². The molecule has 0 amide bonds. The first kappa shape index (κ1) is 15.9. The van der Waals surface area contributed by atoms with Gasteiger partial charge in [-0.15, -0.1) is 0 Å². The van der Waals surface area contributed by atoms with Crippen LogP contribution in [0.1, 0.15) is 36.6 Å². The zero-order valence-electron chi connectivity index (χ0n) is 13.0. The summed E-state index contributed by atoms with van der Waals surface area (Å²) >= 11 is 3.53. The average Bonchev–Trinajstić information content (AvgIpc) is 2.48. The van der Waals surface area contributed by atoms with E-state index in [0.29, 0.717) is 0 Å². The number of nitrogens with one attached hydrogen (secondary N) is 1. The van der Waals surface area contributed by atoms with E-state index in [1.165, 1.54) is 22.4 Å². The van der Waals surface area contributed by atoms with Crippen molar-refractivity contribution >= 4 is 21.6 Å². The zero-order chi connectivity index (χ0) is 15.4. The predicted octanol–water partition coefficient (Wildman–Crippen LogP) is 5.50. The third-order valence-corrected chi connectivity index (χ3v) is 4.17. The Hall–Kier alpha value is -1.48. The maximum Gasteiger partial charge on any atom is 0.124 e. The lowest BCUT2D eigenvalue weighted by Crippen LogP contribution is -2.10. The Kier molecular flexibility index (Phi) is 5.29. The molecule has 0 bridgehead atoms. The highest BCUT2D eigenvalue weighted by atomic mass is 79.9. The van der Waals surface area contributed by atoms with Gasteiger partial charge in [-0.05, 0) is 50.1 Å². The van der Waals surface area contributed by atoms with E-state index in [9.17, 15) is 0 Å². The molecule has 2 nitrogen and oxygen atoms in total. The quantitative estimate of drug-likeness (QED) is 0.770. The summed E-state index contributed by atoms with van der Waals surface area (Å²) in [4.78, 5) is 0. The highest BCUT2D eigenvalue weighted by molar-refractivity contribution is 9.10. The topological polar surface area (TPSA) is 21.3 Å². The lowest BCUT2D eigenvalue weighted by molar-refractivity contribution is 0.408. The standard InChI is InChI=1S/C18H22BrNO/c1-5-14-11-15(19)7-8-17(14)20-13(3)16-10-12(2)6-9-18(16)21-4/h6-11,13,20H,5H2,1-4H3. The van der Waals surface area contributed by atoms with E-state index in [0.717, 1.165) is 16.6 Å². The maximum atomic E-state index is 5.49. The average molecular weight is 348 g/mol. The van der Waals surface area contributed by atoms with Gasteiger partial charge in [0.2, 0.25) is 0 Å². The zero-order valence-corrected chi connectivity index (χ0v) is 14.6. The summed E-state index contributed by atoms with van der Waals surface area (Å²) in [6.45, 7) is 6.44. The van der Waals surface area contributed by atoms with Crippen LogP contribution in [-0.4, -0.2) is 7.11 Å². The molecule has 112 valence electrons. The molecule has 0 aromatic heterocycles. The number of aryl methyl sites for hydroxylation is 2. The van der Waals surface area contributed by atoms with Crippen LogP contribution in [0.2, 0.25) is 0 Å². The monoisotopic (exact) mass is 347 g/mol. The van der Waals surface area contributed by atoms with Crippen LogP contribution in [0, 0.1) is 6.92 Å². The maximum absolute atomic E-state index is 5.49. The number of benzene rings is 2. The second-order valence-corrected chi connectivity index (χ2v) is 6.18. The Morgan fingerprint density at radius 3 is 2.62 bits per heavy atom. The summed E-state index contributed by atoms with van der Waals surface area (Å²) in [5, 5.41) is 3.61. The molecular formula is C18H22BrNO. The van der Waals surface area contributed by atoms with E-state index in [4.69, 9.17) is 4.74 Å². The van der Waals surface area contributed by atoms with Gasteiger partial charge in [0, 0.05) is 15.7 Å². The van der Waals surface area contributed by atoms with Gasteiger partial charge in [0.1, 0.15) is 5.75 Å². The van der Waals surface area contributed by atoms with E-state index in [2.05, 4.69) is 72.3 Å². The van der Waals surface area contributed by atoms with Crippen molar-refractivity contribution in [3.63, 3.8) is 0 Å². The predicted molar refractivity (Wildman–Crippen MR) is 93.3 cm³/mol. The molecular weight excluding hydrogens is 326 g/mol. The first-order chi connectivity index (χ1) is 10.0. The van der Waals surface area contributed by atoms with Crippen LogP contribution < -0.4 is 10.1 Å². The van der Waals surface area contributed by atoms with Crippen LogP contribution in [0.3, 0.4) is 0 Å². The first-order valence-corrected chi connectivity index (χ1v) is 8.04. The number of ether oxygens (including phenoxy) is 1. The highest BCUT2D eigenvalue weighted by Gasteiger charge is 2.13. The Labute approximate surface area is 135 Å². The molecule has 0 saturated carbocycles. The van der Waals surface area contributed by atoms with Crippen molar-refractivity contribution in [2.45, 2.75) is 33.2 Å². The number of hydrogen-bond acceptors (Lipinski definition) is 2. The van der Waals surface area contributed by atoms with E-state index in [1.807, 2.05) is 6.07 Å². The molecule has 3 heteroatoms. The first-order valence-electron chi connectivity index (χ1n) is 7.24. The summed E-state index contributed by atoms with van der Waals surface area (Å²) < 4.78 is 6.60. The van der Waals surface area contributed by atoms with Crippen molar-refractivity contribution in [3.05, 3.63) is 57.6 Å². The number of halogens is 1. The molecule has 0 saturated heterocycles. The van der Waals surface area contributed by atoms with Gasteiger partial charge in [-0.1, -0.05) is 40.5 Å². The molecule has 1 N–H and O–H groups in total. The summed E-state index contributed by atoms with van der Waals surface area (Å²) in [6, 6.07) is 12.8. The summed E-state index contributed by atoms with van der Waals surface area (Å²) in [7, 11) is 1.72. The van der Waals surface area contributed by atoms with Crippen LogP contribution in [-0.2, 0) is 6.42 Å². The molecule has 2 aromatic carbocycles. The minimum Gasteiger partial charge on any atom is -0.496 e. The van der Waals surface area contributed by atoms with E-state index in [1.54, 1.807) is 7.11 Å². The number of hydrogen-bond donors (Lipinski definition) is 1. The molecule has 1 atom stereocenters. The third-order valence-electron chi connectivity index (χ3n) is 3.67. The molecule has 2 aromatic rings. The fraction of sp³-hybridized carbons (Fsp3) is 0.333. The lowest BCUT2D eigenvalue weighted by Gasteiger charge is -2.21. The second kappa shape index (κ2) is 6.99. The smallest absolute Gasteiger partial charge is 0.124 e. The normalized spacial score (nSPS) is 12.0. The van der Waals surface area contributed by atoms with E-state index >= 15 is 0 Å². The number of methoxy groups -OCH3 is 1. The second-order valence-electron chi connectivity index (χ2n) is 5.27. The van der Waals surface area contributed by atoms with Gasteiger partial charge in [-0.2, -0.15) is 0 Å². The molecule has 0 aliphatic rings. The van der Waals surface area contributed by atoms with Crippen molar-refractivity contribution < 1.29 is 4.74 Å². The Balaban J connectivity index is 2.29. The molecule has 0 spiro atoms. The van der Waals surface area contributed by atoms with Crippen LogP contribution in [0.25, 0.3) is 0 Å². The van der Waals surface area contributed by atoms with E-state index < -0.39 is 0 Å². The Morgan fingerprint density at radius 1 is 1.19 bits per heavy atom. The van der Waals surface area contributed by atoms with Gasteiger partial charge in [0.15, 0.2) is 0 Å². The Morgan fingerprint density at radius 2 is 1.95 bits per heavy atom. The van der Waals surface area contributed by atoms with Gasteiger partial charge >= 0.3 is 0 Å². The minimum absolute atomic E-state index is 0.186. The Bertz CT molecular complexity index is 625. The molecule has 0 heterocycles. The largest absolute Gasteiger partial charge is 0.496 e. The van der Waals surface area contributed by atoms with E-state index in [-0.39, 0.29) is 6.04 Å². The van der Waals surface area contributed by atoms with Crippen molar-refractivity contribution in [2.75, 3.05) is 12.4 Å². The summed E-state index contributed by atoms with van der Waals surface area (Å²) in [6.07, 6.45) is 0.999. The van der Waals surface area contributed by atoms with Crippen molar-refractivity contribution in [1.82, 2.24) is 0 Å². The van der Waals surface area contributed by atoms with Crippen LogP contribution in [0.4, 0.5) is 5.69 Å². The van der Waals surface area contributed by atoms with Crippen molar-refractivity contribution in [2.24, 2.45) is 0 Å². The van der Waals surface area contributed by atoms with Gasteiger partial charge in [0.25, 0.3) is 0 Å². The van der Waals surface area contributed by atoms with Crippen molar-refractivity contribution in [3.8, 4) is 5.75 Å². The molecule has 0 aliphatic carbocycles. The van der Waals surface area contributed by atoms with Crippen LogP contribution in [0.15, 0.2) is 40.9 Å². The van der Waals surface area contributed by atoms with Gasteiger partial charge in [-0.3, -0.25) is 0 Å². The molecule has 1 unspecified atom stereocenters. The third kappa shape index (κ3) is 3.79. The molecule has 0 fully saturated rings. The molecule has 0 aliphatic heterocycles. The number of rotatable bonds is 5. The fourth-order valence-electron chi connectivity index (χ4n) is 2.50. The fourth-order valence-corrected chi connectivity index (χ4v) is 2.91. The summed E-state index contributed by atoms with van der Waals surface area (Å²) in [5.41, 5.74) is 4.91. The van der Waals surface area contributed by atoms with Gasteiger partial charge in [0.05, 0.1) is 13.2 Å². The number of anilines is 1. The molecule has 2 rings (SSSR count). The molecule has 0 radical (unpaired) electrons. The van der Waals surface area contributed by atoms with Gasteiger partial charge in [-0.25, -0.2) is 0 Å². The summed E-state index contributed by atoms with van der Waals surface area (Å²) in [5.74, 6) is 0.927. The highest BCUT2D eigenvalue weighted by Crippen LogP contribution is 2.30. The lowest BCUT2D eigenvalue weighted by atomic mass is 10.0. The van der Waals surface area contributed by atoms with Gasteiger partial charge < -0.3 is 10.1 Å². The molecule has 21 heavy (non-hydrogen) atoms. The van der Waals surface area contributed by atoms with Crippen LogP contribution in [0.5, 0.6) is 5.75 Å². The minimum atomic E-state index is 0.186. The van der Waals surface area contributed by atoms with Crippen LogP contribution >= 0.6 is 15.9 Å².